The average Bonchev–Trinajstić information content (AvgIpc) is 3.46. The smallest absolute Gasteiger partial charge is 0.103 e. The van der Waals surface area contributed by atoms with Gasteiger partial charge in [-0.1, -0.05) is 97.1 Å². The third kappa shape index (κ3) is 3.00. The average molecular weight is 341 g/mol. The molecule has 0 aromatic heterocycles. The zero-order valence-corrected chi connectivity index (χ0v) is 15.5. The van der Waals surface area contributed by atoms with Crippen LogP contribution in [0.5, 0.6) is 0 Å². The molecule has 0 aliphatic heterocycles. The molecule has 1 aliphatic carbocycles. The summed E-state index contributed by atoms with van der Waals surface area (Å²) < 4.78 is 0. The quantitative estimate of drug-likeness (QED) is 0.362. The summed E-state index contributed by atoms with van der Waals surface area (Å²) in [6.07, 6.45) is 3.45. The molecule has 0 spiro atoms. The molecular weight excluding hydrogens is 316 g/mol. The lowest BCUT2D eigenvalue weighted by molar-refractivity contribution is 0.885. The number of allylic oxidation sites excluding steroid dienone is 1. The molecule has 0 bridgehead atoms. The van der Waals surface area contributed by atoms with E-state index < -0.39 is 8.07 Å². The summed E-state index contributed by atoms with van der Waals surface area (Å²) in [5, 5.41) is 4.55. The van der Waals surface area contributed by atoms with Crippen molar-refractivity contribution in [1.29, 1.82) is 0 Å². The van der Waals surface area contributed by atoms with Crippen LogP contribution in [0.15, 0.2) is 104 Å². The van der Waals surface area contributed by atoms with Gasteiger partial charge in [-0.3, -0.25) is 0 Å². The largest absolute Gasteiger partial charge is 0.148 e. The van der Waals surface area contributed by atoms with Crippen LogP contribution >= 0.6 is 0 Å². The van der Waals surface area contributed by atoms with Gasteiger partial charge in [-0.15, -0.1) is 6.58 Å². The maximum absolute atomic E-state index is 4.04. The second-order valence-electron chi connectivity index (χ2n) is 7.10. The summed E-state index contributed by atoms with van der Waals surface area (Å²) in [7, 11) is -2.03. The monoisotopic (exact) mass is 340 g/mol. The van der Waals surface area contributed by atoms with E-state index in [9.17, 15) is 0 Å². The highest BCUT2D eigenvalue weighted by molar-refractivity contribution is 7.11. The molecule has 0 saturated heterocycles. The van der Waals surface area contributed by atoms with Crippen molar-refractivity contribution in [3.63, 3.8) is 0 Å². The first-order chi connectivity index (χ1) is 12.3. The molecule has 0 N–H and O–H groups in total. The first-order valence-corrected chi connectivity index (χ1v) is 11.3. The fourth-order valence-electron chi connectivity index (χ4n) is 4.21. The van der Waals surface area contributed by atoms with Gasteiger partial charge in [0.25, 0.3) is 0 Å². The van der Waals surface area contributed by atoms with E-state index in [0.717, 1.165) is 5.92 Å². The summed E-state index contributed by atoms with van der Waals surface area (Å²) >= 11 is 0. The molecule has 3 aromatic rings. The van der Waals surface area contributed by atoms with Crippen molar-refractivity contribution in [2.75, 3.05) is 0 Å². The Balaban J connectivity index is 1.93. The highest BCUT2D eigenvalue weighted by Gasteiger charge is 2.46. The minimum absolute atomic E-state index is 0.697. The standard InChI is InChI=1S/C24H24Si/c1-2-20-18-21(20)19-25(22-12-6-3-7-13-22,23-14-8-4-9-15-23)24-16-10-5-11-17-24/h2-17,20-21H,1,18-19H2/t20-,21+/m0/s1. The van der Waals surface area contributed by atoms with Crippen molar-refractivity contribution in [2.24, 2.45) is 11.8 Å². The maximum Gasteiger partial charge on any atom is 0.148 e. The van der Waals surface area contributed by atoms with Crippen LogP contribution in [-0.2, 0) is 0 Å². The van der Waals surface area contributed by atoms with Gasteiger partial charge < -0.3 is 0 Å². The Morgan fingerprint density at radius 2 is 1.12 bits per heavy atom. The normalized spacial score (nSPS) is 19.4. The minimum atomic E-state index is -2.03. The maximum atomic E-state index is 4.04. The molecule has 0 radical (unpaired) electrons. The molecule has 1 heteroatoms. The Kier molecular flexibility index (Phi) is 4.41. The zero-order valence-electron chi connectivity index (χ0n) is 14.5. The topological polar surface area (TPSA) is 0 Å². The molecule has 3 aromatic carbocycles. The SMILES string of the molecule is C=C[C@H]1C[C@@H]1C[Si](c1ccccc1)(c1ccccc1)c1ccccc1. The Labute approximate surface area is 151 Å². The minimum Gasteiger partial charge on any atom is -0.103 e. The Morgan fingerprint density at radius 3 is 1.44 bits per heavy atom. The van der Waals surface area contributed by atoms with Gasteiger partial charge in [0.1, 0.15) is 8.07 Å². The second-order valence-corrected chi connectivity index (χ2v) is 11.1. The molecule has 1 aliphatic rings. The lowest BCUT2D eigenvalue weighted by atomic mass is 10.3. The number of hydrogen-bond donors (Lipinski definition) is 0. The van der Waals surface area contributed by atoms with Crippen molar-refractivity contribution < 1.29 is 0 Å². The van der Waals surface area contributed by atoms with E-state index in [4.69, 9.17) is 0 Å². The summed E-state index contributed by atoms with van der Waals surface area (Å²) in [5.74, 6) is 1.47. The van der Waals surface area contributed by atoms with Crippen LogP contribution in [0.1, 0.15) is 6.42 Å². The lowest BCUT2D eigenvalue weighted by Gasteiger charge is -2.34. The molecule has 0 unspecified atom stereocenters. The highest BCUT2D eigenvalue weighted by Crippen LogP contribution is 2.44. The van der Waals surface area contributed by atoms with E-state index >= 15 is 0 Å². The zero-order chi connectivity index (χ0) is 17.1. The molecular formula is C24H24Si. The number of rotatable bonds is 6. The summed E-state index contributed by atoms with van der Waals surface area (Å²) in [4.78, 5) is 0. The fourth-order valence-corrected chi connectivity index (χ4v) is 9.46. The third-order valence-corrected chi connectivity index (χ3v) is 10.7. The van der Waals surface area contributed by atoms with Gasteiger partial charge in [-0.05, 0) is 39.9 Å². The molecule has 4 rings (SSSR count). The third-order valence-electron chi connectivity index (χ3n) is 5.65. The highest BCUT2D eigenvalue weighted by atomic mass is 28.3. The Morgan fingerprint density at radius 1 is 0.720 bits per heavy atom. The molecule has 1 fully saturated rings. The van der Waals surface area contributed by atoms with E-state index in [0.29, 0.717) is 5.92 Å². The van der Waals surface area contributed by atoms with Crippen LogP contribution in [0.4, 0.5) is 0 Å². The lowest BCUT2D eigenvalue weighted by Crippen LogP contribution is -2.67. The Bertz CT molecular complexity index is 727. The van der Waals surface area contributed by atoms with Crippen molar-refractivity contribution in [2.45, 2.75) is 12.5 Å². The van der Waals surface area contributed by atoms with Gasteiger partial charge in [-0.2, -0.15) is 0 Å². The predicted octanol–water partition coefficient (Wildman–Crippen LogP) is 3.98. The van der Waals surface area contributed by atoms with Crippen LogP contribution in [0.3, 0.4) is 0 Å². The molecule has 0 heterocycles. The second kappa shape index (κ2) is 6.85. The van der Waals surface area contributed by atoms with Gasteiger partial charge >= 0.3 is 0 Å². The van der Waals surface area contributed by atoms with E-state index in [1.165, 1.54) is 28.0 Å². The van der Waals surface area contributed by atoms with Crippen molar-refractivity contribution >= 4 is 23.6 Å². The molecule has 1 saturated carbocycles. The van der Waals surface area contributed by atoms with Crippen LogP contribution in [0, 0.1) is 11.8 Å². The predicted molar refractivity (Wildman–Crippen MR) is 111 cm³/mol. The van der Waals surface area contributed by atoms with Gasteiger partial charge in [0.2, 0.25) is 0 Å². The van der Waals surface area contributed by atoms with Crippen LogP contribution in [0.2, 0.25) is 6.04 Å². The molecule has 0 nitrogen and oxygen atoms in total. The van der Waals surface area contributed by atoms with Gasteiger partial charge in [0.15, 0.2) is 0 Å². The van der Waals surface area contributed by atoms with E-state index in [2.05, 4.69) is 104 Å². The van der Waals surface area contributed by atoms with Crippen LogP contribution in [0.25, 0.3) is 0 Å². The van der Waals surface area contributed by atoms with Crippen molar-refractivity contribution in [3.8, 4) is 0 Å². The first-order valence-electron chi connectivity index (χ1n) is 9.14. The van der Waals surface area contributed by atoms with Gasteiger partial charge in [0.05, 0.1) is 0 Å². The Hall–Kier alpha value is -2.38. The number of benzene rings is 3. The van der Waals surface area contributed by atoms with E-state index in [-0.39, 0.29) is 0 Å². The van der Waals surface area contributed by atoms with Crippen LogP contribution < -0.4 is 15.6 Å². The van der Waals surface area contributed by atoms with Gasteiger partial charge in [-0.25, -0.2) is 0 Å². The summed E-state index contributed by atoms with van der Waals surface area (Å²) in [6, 6.07) is 34.9. The molecule has 0 amide bonds. The van der Waals surface area contributed by atoms with E-state index in [1.54, 1.807) is 0 Å². The van der Waals surface area contributed by atoms with Crippen molar-refractivity contribution in [1.82, 2.24) is 0 Å². The first kappa shape index (κ1) is 16.1. The van der Waals surface area contributed by atoms with E-state index in [1.807, 2.05) is 0 Å². The number of hydrogen-bond acceptors (Lipinski definition) is 0. The molecule has 124 valence electrons. The molecule has 25 heavy (non-hydrogen) atoms. The fraction of sp³-hybridized carbons (Fsp3) is 0.167. The van der Waals surface area contributed by atoms with Crippen LogP contribution in [-0.4, -0.2) is 8.07 Å². The van der Waals surface area contributed by atoms with Gasteiger partial charge in [0, 0.05) is 0 Å². The summed E-state index contributed by atoms with van der Waals surface area (Å²) in [6.45, 7) is 4.04. The molecule has 2 atom stereocenters. The summed E-state index contributed by atoms with van der Waals surface area (Å²) in [5.41, 5.74) is 0. The van der Waals surface area contributed by atoms with Crippen molar-refractivity contribution in [3.05, 3.63) is 104 Å².